The molecule has 2 N–H and O–H groups in total. The van der Waals surface area contributed by atoms with E-state index in [0.29, 0.717) is 5.41 Å². The normalized spacial score (nSPS) is 20.4. The highest BCUT2D eigenvalue weighted by Gasteiger charge is 2.31. The van der Waals surface area contributed by atoms with E-state index in [0.717, 1.165) is 6.54 Å². The van der Waals surface area contributed by atoms with Crippen LogP contribution in [0.1, 0.15) is 62.3 Å². The molecule has 118 valence electrons. The summed E-state index contributed by atoms with van der Waals surface area (Å²) in [5.41, 5.74) is 11.0. The average molecular weight is 288 g/mol. The van der Waals surface area contributed by atoms with Crippen LogP contribution in [0.3, 0.4) is 0 Å². The van der Waals surface area contributed by atoms with Gasteiger partial charge in [-0.2, -0.15) is 0 Å². The van der Waals surface area contributed by atoms with Crippen molar-refractivity contribution < 1.29 is 0 Å². The first-order valence-corrected chi connectivity index (χ1v) is 8.55. The average Bonchev–Trinajstić information content (AvgIpc) is 2.48. The highest BCUT2D eigenvalue weighted by atomic mass is 15.1. The Morgan fingerprint density at radius 2 is 1.76 bits per heavy atom. The van der Waals surface area contributed by atoms with Gasteiger partial charge in [-0.15, -0.1) is 0 Å². The lowest BCUT2D eigenvalue weighted by Gasteiger charge is -2.41. The van der Waals surface area contributed by atoms with Gasteiger partial charge in [-0.1, -0.05) is 50.5 Å². The molecule has 0 bridgehead atoms. The summed E-state index contributed by atoms with van der Waals surface area (Å²) in [7, 11) is 0. The van der Waals surface area contributed by atoms with Crippen molar-refractivity contribution in [2.45, 2.75) is 59.4 Å². The quantitative estimate of drug-likeness (QED) is 0.879. The second kappa shape index (κ2) is 6.93. The first kappa shape index (κ1) is 16.5. The Bertz CT molecular complexity index is 453. The van der Waals surface area contributed by atoms with Gasteiger partial charge in [-0.3, -0.25) is 0 Å². The monoisotopic (exact) mass is 288 g/mol. The molecule has 0 spiro atoms. The fourth-order valence-electron chi connectivity index (χ4n) is 3.79. The summed E-state index contributed by atoms with van der Waals surface area (Å²) in [5, 5.41) is 0. The number of aryl methyl sites for hydroxylation is 2. The zero-order chi connectivity index (χ0) is 15.5. The molecular weight excluding hydrogens is 256 g/mol. The van der Waals surface area contributed by atoms with Gasteiger partial charge in [0.05, 0.1) is 0 Å². The standard InChI is InChI=1S/C19H32N2/c1-5-19(6-2)9-11-21(12-10-19)14-18(20)17-8-7-15(3)13-16(17)4/h7-8,13,18H,5-6,9-12,14,20H2,1-4H3. The van der Waals surface area contributed by atoms with Gasteiger partial charge in [-0.25, -0.2) is 0 Å². The van der Waals surface area contributed by atoms with Gasteiger partial charge in [0.1, 0.15) is 0 Å². The van der Waals surface area contributed by atoms with Gasteiger partial charge in [0, 0.05) is 12.6 Å². The number of hydrogen-bond donors (Lipinski definition) is 1. The number of nitrogens with two attached hydrogens (primary N) is 1. The molecule has 2 nitrogen and oxygen atoms in total. The van der Waals surface area contributed by atoms with Crippen molar-refractivity contribution in [2.75, 3.05) is 19.6 Å². The van der Waals surface area contributed by atoms with Gasteiger partial charge < -0.3 is 10.6 Å². The molecule has 2 rings (SSSR count). The Kier molecular flexibility index (Phi) is 5.45. The minimum Gasteiger partial charge on any atom is -0.323 e. The highest BCUT2D eigenvalue weighted by molar-refractivity contribution is 5.32. The zero-order valence-electron chi connectivity index (χ0n) is 14.3. The van der Waals surface area contributed by atoms with E-state index in [2.05, 4.69) is 50.8 Å². The Morgan fingerprint density at radius 1 is 1.14 bits per heavy atom. The lowest BCUT2D eigenvalue weighted by molar-refractivity contribution is 0.0914. The number of rotatable bonds is 5. The van der Waals surface area contributed by atoms with Crippen LogP contribution < -0.4 is 5.73 Å². The molecule has 0 amide bonds. The van der Waals surface area contributed by atoms with Gasteiger partial charge in [-0.05, 0) is 56.3 Å². The lowest BCUT2D eigenvalue weighted by atomic mass is 9.74. The SMILES string of the molecule is CCC1(CC)CCN(CC(N)c2ccc(C)cc2C)CC1. The fraction of sp³-hybridized carbons (Fsp3) is 0.684. The molecule has 1 aromatic carbocycles. The van der Waals surface area contributed by atoms with Crippen LogP contribution in [0.2, 0.25) is 0 Å². The van der Waals surface area contributed by atoms with Crippen molar-refractivity contribution >= 4 is 0 Å². The van der Waals surface area contributed by atoms with Crippen LogP contribution in [0.15, 0.2) is 18.2 Å². The van der Waals surface area contributed by atoms with Crippen molar-refractivity contribution in [1.29, 1.82) is 0 Å². The van der Waals surface area contributed by atoms with Gasteiger partial charge >= 0.3 is 0 Å². The number of piperidine rings is 1. The summed E-state index contributed by atoms with van der Waals surface area (Å²) in [6, 6.07) is 6.77. The Hall–Kier alpha value is -0.860. The molecule has 0 saturated carbocycles. The lowest BCUT2D eigenvalue weighted by Crippen LogP contribution is -2.42. The van der Waals surface area contributed by atoms with E-state index in [-0.39, 0.29) is 6.04 Å². The van der Waals surface area contributed by atoms with Gasteiger partial charge in [0.2, 0.25) is 0 Å². The second-order valence-electron chi connectivity index (χ2n) is 6.97. The minimum atomic E-state index is 0.140. The third-order valence-electron chi connectivity index (χ3n) is 5.70. The van der Waals surface area contributed by atoms with Crippen molar-refractivity contribution in [2.24, 2.45) is 11.1 Å². The first-order valence-electron chi connectivity index (χ1n) is 8.55. The molecule has 0 aliphatic carbocycles. The summed E-state index contributed by atoms with van der Waals surface area (Å²) in [4.78, 5) is 2.56. The maximum atomic E-state index is 6.47. The minimum absolute atomic E-state index is 0.140. The molecule has 1 aliphatic heterocycles. The summed E-state index contributed by atoms with van der Waals surface area (Å²) >= 11 is 0. The van der Waals surface area contributed by atoms with Crippen LogP contribution >= 0.6 is 0 Å². The number of nitrogens with zero attached hydrogens (tertiary/aromatic N) is 1. The second-order valence-corrected chi connectivity index (χ2v) is 6.97. The van der Waals surface area contributed by atoms with E-state index < -0.39 is 0 Å². The Labute approximate surface area is 130 Å². The van der Waals surface area contributed by atoms with E-state index in [1.54, 1.807) is 0 Å². The highest BCUT2D eigenvalue weighted by Crippen LogP contribution is 2.38. The Morgan fingerprint density at radius 3 is 2.29 bits per heavy atom. The van der Waals surface area contributed by atoms with Crippen LogP contribution in [0.5, 0.6) is 0 Å². The van der Waals surface area contributed by atoms with Crippen LogP contribution in [0, 0.1) is 19.3 Å². The van der Waals surface area contributed by atoms with Crippen molar-refractivity contribution in [3.8, 4) is 0 Å². The van der Waals surface area contributed by atoms with Crippen LogP contribution in [-0.2, 0) is 0 Å². The van der Waals surface area contributed by atoms with E-state index in [1.807, 2.05) is 0 Å². The first-order chi connectivity index (χ1) is 9.99. The zero-order valence-corrected chi connectivity index (χ0v) is 14.3. The van der Waals surface area contributed by atoms with Crippen molar-refractivity contribution in [3.05, 3.63) is 34.9 Å². The van der Waals surface area contributed by atoms with Crippen LogP contribution in [0.4, 0.5) is 0 Å². The number of likely N-dealkylation sites (tertiary alicyclic amines) is 1. The molecule has 2 heteroatoms. The van der Waals surface area contributed by atoms with Crippen LogP contribution in [0.25, 0.3) is 0 Å². The maximum absolute atomic E-state index is 6.47. The molecule has 1 fully saturated rings. The largest absolute Gasteiger partial charge is 0.323 e. The molecule has 1 unspecified atom stereocenters. The molecule has 1 aliphatic rings. The smallest absolute Gasteiger partial charge is 0.0426 e. The molecule has 0 radical (unpaired) electrons. The third kappa shape index (κ3) is 3.87. The fourth-order valence-corrected chi connectivity index (χ4v) is 3.79. The van der Waals surface area contributed by atoms with E-state index in [4.69, 9.17) is 5.73 Å². The predicted molar refractivity (Wildman–Crippen MR) is 91.5 cm³/mol. The van der Waals surface area contributed by atoms with Gasteiger partial charge in [0.25, 0.3) is 0 Å². The predicted octanol–water partition coefficient (Wildman–Crippen LogP) is 4.21. The molecule has 1 aromatic rings. The van der Waals surface area contributed by atoms with E-state index in [1.165, 1.54) is 55.5 Å². The summed E-state index contributed by atoms with van der Waals surface area (Å²) in [6.07, 6.45) is 5.31. The summed E-state index contributed by atoms with van der Waals surface area (Å²) in [5.74, 6) is 0. The topological polar surface area (TPSA) is 29.3 Å². The molecule has 0 aromatic heterocycles. The van der Waals surface area contributed by atoms with E-state index >= 15 is 0 Å². The molecule has 1 saturated heterocycles. The number of hydrogen-bond acceptors (Lipinski definition) is 2. The van der Waals surface area contributed by atoms with E-state index in [9.17, 15) is 0 Å². The summed E-state index contributed by atoms with van der Waals surface area (Å²) in [6.45, 7) is 12.4. The van der Waals surface area contributed by atoms with Crippen molar-refractivity contribution in [3.63, 3.8) is 0 Å². The van der Waals surface area contributed by atoms with Crippen LogP contribution in [-0.4, -0.2) is 24.5 Å². The van der Waals surface area contributed by atoms with Gasteiger partial charge in [0.15, 0.2) is 0 Å². The number of benzene rings is 1. The molecule has 1 atom stereocenters. The van der Waals surface area contributed by atoms with Crippen molar-refractivity contribution in [1.82, 2.24) is 4.90 Å². The third-order valence-corrected chi connectivity index (χ3v) is 5.70. The Balaban J connectivity index is 1.94. The molecular formula is C19H32N2. The summed E-state index contributed by atoms with van der Waals surface area (Å²) < 4.78 is 0. The molecule has 21 heavy (non-hydrogen) atoms. The molecule has 1 heterocycles. The maximum Gasteiger partial charge on any atom is 0.0426 e.